The second kappa shape index (κ2) is 5.41. The van der Waals surface area contributed by atoms with Crippen LogP contribution in [-0.2, 0) is 11.3 Å². The minimum Gasteiger partial charge on any atom is -0.480 e. The number of carboxylic acids is 1. The maximum absolute atomic E-state index is 13.1. The van der Waals surface area contributed by atoms with Gasteiger partial charge in [0.1, 0.15) is 11.9 Å². The third kappa shape index (κ3) is 3.54. The number of hydrogen-bond donors (Lipinski definition) is 1. The van der Waals surface area contributed by atoms with Crippen molar-refractivity contribution in [3.05, 3.63) is 35.1 Å². The molecule has 4 nitrogen and oxygen atoms in total. The van der Waals surface area contributed by atoms with E-state index in [9.17, 15) is 9.18 Å². The van der Waals surface area contributed by atoms with Crippen LogP contribution in [0.1, 0.15) is 18.1 Å². The van der Waals surface area contributed by atoms with Crippen LogP contribution in [0.15, 0.2) is 18.2 Å². The van der Waals surface area contributed by atoms with Gasteiger partial charge >= 0.3 is 5.97 Å². The number of nitrogens with zero attached hydrogens (tertiary/aromatic N) is 2. The lowest BCUT2D eigenvalue weighted by Crippen LogP contribution is -2.35. The van der Waals surface area contributed by atoms with Crippen LogP contribution in [0.25, 0.3) is 0 Å². The van der Waals surface area contributed by atoms with E-state index in [2.05, 4.69) is 0 Å². The summed E-state index contributed by atoms with van der Waals surface area (Å²) in [6.45, 7) is 1.83. The number of benzene rings is 1. The molecule has 0 saturated carbocycles. The Morgan fingerprint density at radius 3 is 2.76 bits per heavy atom. The molecule has 1 aromatic rings. The molecule has 5 heteroatoms. The van der Waals surface area contributed by atoms with Gasteiger partial charge in [-0.3, -0.25) is 9.69 Å². The first kappa shape index (κ1) is 13.1. The summed E-state index contributed by atoms with van der Waals surface area (Å²) in [5.74, 6) is -1.43. The number of hydrogen-bond acceptors (Lipinski definition) is 3. The fraction of sp³-hybridized carbons (Fsp3) is 0.333. The van der Waals surface area contributed by atoms with Crippen molar-refractivity contribution in [1.29, 1.82) is 5.26 Å². The smallest absolute Gasteiger partial charge is 0.320 e. The van der Waals surface area contributed by atoms with Gasteiger partial charge in [0, 0.05) is 6.54 Å². The number of rotatable bonds is 4. The fourth-order valence-corrected chi connectivity index (χ4v) is 1.42. The maximum atomic E-state index is 13.1. The van der Waals surface area contributed by atoms with Gasteiger partial charge in [0.2, 0.25) is 0 Å². The summed E-state index contributed by atoms with van der Waals surface area (Å²) >= 11 is 0. The zero-order valence-corrected chi connectivity index (χ0v) is 9.64. The number of likely N-dealkylation sites (N-methyl/N-ethyl adjacent to an activating group) is 1. The number of carbonyl (C=O) groups is 1. The fourth-order valence-electron chi connectivity index (χ4n) is 1.42. The average molecular weight is 236 g/mol. The highest BCUT2D eigenvalue weighted by molar-refractivity contribution is 5.72. The minimum atomic E-state index is -0.940. The standard InChI is InChI=1S/C12H13FN2O2/c1-8(12(16)17)15(2)7-10-3-9(6-14)4-11(13)5-10/h3-5,8H,7H2,1-2H3,(H,16,17). The van der Waals surface area contributed by atoms with E-state index in [1.807, 2.05) is 6.07 Å². The van der Waals surface area contributed by atoms with Crippen molar-refractivity contribution in [3.63, 3.8) is 0 Å². The molecule has 0 heterocycles. The molecule has 0 aliphatic carbocycles. The normalized spacial score (nSPS) is 12.2. The molecule has 0 spiro atoms. The quantitative estimate of drug-likeness (QED) is 0.862. The van der Waals surface area contributed by atoms with Gasteiger partial charge in [0.25, 0.3) is 0 Å². The van der Waals surface area contributed by atoms with E-state index in [0.29, 0.717) is 5.56 Å². The van der Waals surface area contributed by atoms with Crippen molar-refractivity contribution >= 4 is 5.97 Å². The van der Waals surface area contributed by atoms with Crippen LogP contribution in [0.2, 0.25) is 0 Å². The lowest BCUT2D eigenvalue weighted by atomic mass is 10.1. The molecule has 1 N–H and O–H groups in total. The van der Waals surface area contributed by atoms with Crippen LogP contribution in [0.3, 0.4) is 0 Å². The van der Waals surface area contributed by atoms with Gasteiger partial charge in [-0.15, -0.1) is 0 Å². The van der Waals surface area contributed by atoms with Crippen LogP contribution in [0.5, 0.6) is 0 Å². The monoisotopic (exact) mass is 236 g/mol. The van der Waals surface area contributed by atoms with E-state index >= 15 is 0 Å². The number of carboxylic acid groups (broad SMARTS) is 1. The molecular formula is C12H13FN2O2. The van der Waals surface area contributed by atoms with E-state index in [1.54, 1.807) is 24.9 Å². The zero-order chi connectivity index (χ0) is 13.0. The van der Waals surface area contributed by atoms with Crippen molar-refractivity contribution in [2.75, 3.05) is 7.05 Å². The van der Waals surface area contributed by atoms with E-state index in [4.69, 9.17) is 10.4 Å². The van der Waals surface area contributed by atoms with Crippen molar-refractivity contribution in [1.82, 2.24) is 4.90 Å². The molecule has 0 radical (unpaired) electrons. The molecule has 0 aromatic heterocycles. The zero-order valence-electron chi connectivity index (χ0n) is 9.64. The van der Waals surface area contributed by atoms with E-state index in [0.717, 1.165) is 6.07 Å². The maximum Gasteiger partial charge on any atom is 0.320 e. The first-order valence-corrected chi connectivity index (χ1v) is 5.06. The van der Waals surface area contributed by atoms with Gasteiger partial charge in [0.05, 0.1) is 11.6 Å². The summed E-state index contributed by atoms with van der Waals surface area (Å²) in [5.41, 5.74) is 0.813. The summed E-state index contributed by atoms with van der Waals surface area (Å²) < 4.78 is 13.1. The summed E-state index contributed by atoms with van der Waals surface area (Å²) in [5, 5.41) is 17.5. The van der Waals surface area contributed by atoms with Crippen LogP contribution >= 0.6 is 0 Å². The highest BCUT2D eigenvalue weighted by Crippen LogP contribution is 2.11. The lowest BCUT2D eigenvalue weighted by molar-refractivity contribution is -0.142. The summed E-state index contributed by atoms with van der Waals surface area (Å²) in [6, 6.07) is 5.19. The first-order chi connectivity index (χ1) is 7.93. The predicted octanol–water partition coefficient (Wildman–Crippen LogP) is 1.60. The van der Waals surface area contributed by atoms with Gasteiger partial charge in [-0.2, -0.15) is 5.26 Å². The molecule has 0 bridgehead atoms. The van der Waals surface area contributed by atoms with Crippen LogP contribution < -0.4 is 0 Å². The van der Waals surface area contributed by atoms with Gasteiger partial charge in [-0.25, -0.2) is 4.39 Å². The number of nitriles is 1. The average Bonchev–Trinajstić information content (AvgIpc) is 2.26. The molecule has 1 unspecified atom stereocenters. The summed E-state index contributed by atoms with van der Waals surface area (Å²) in [4.78, 5) is 12.3. The van der Waals surface area contributed by atoms with Crippen LogP contribution in [0.4, 0.5) is 4.39 Å². The van der Waals surface area contributed by atoms with Crippen molar-refractivity contribution < 1.29 is 14.3 Å². The summed E-state index contributed by atoms with van der Waals surface area (Å²) in [7, 11) is 1.63. The second-order valence-corrected chi connectivity index (χ2v) is 3.89. The van der Waals surface area contributed by atoms with Gasteiger partial charge in [0.15, 0.2) is 0 Å². The van der Waals surface area contributed by atoms with E-state index < -0.39 is 17.8 Å². The predicted molar refractivity (Wildman–Crippen MR) is 59.7 cm³/mol. The second-order valence-electron chi connectivity index (χ2n) is 3.89. The molecule has 0 amide bonds. The van der Waals surface area contributed by atoms with Crippen LogP contribution in [-0.4, -0.2) is 29.1 Å². The van der Waals surface area contributed by atoms with Gasteiger partial charge in [-0.05, 0) is 37.7 Å². The topological polar surface area (TPSA) is 64.3 Å². The van der Waals surface area contributed by atoms with E-state index in [1.165, 1.54) is 6.07 Å². The first-order valence-electron chi connectivity index (χ1n) is 5.06. The molecule has 1 atom stereocenters. The SMILES string of the molecule is CC(C(=O)O)N(C)Cc1cc(F)cc(C#N)c1. The number of halogens is 1. The largest absolute Gasteiger partial charge is 0.480 e. The third-order valence-corrected chi connectivity index (χ3v) is 2.54. The minimum absolute atomic E-state index is 0.233. The number of aliphatic carboxylic acids is 1. The van der Waals surface area contributed by atoms with Crippen molar-refractivity contribution in [2.45, 2.75) is 19.5 Å². The Labute approximate surface area is 98.9 Å². The molecule has 0 aliphatic rings. The Morgan fingerprint density at radius 2 is 2.24 bits per heavy atom. The molecule has 90 valence electrons. The molecule has 0 fully saturated rings. The summed E-state index contributed by atoms with van der Waals surface area (Å²) in [6.07, 6.45) is 0. The molecule has 0 aliphatic heterocycles. The Morgan fingerprint density at radius 1 is 1.59 bits per heavy atom. The Kier molecular flexibility index (Phi) is 4.18. The molecule has 1 rings (SSSR count). The molecular weight excluding hydrogens is 223 g/mol. The van der Waals surface area contributed by atoms with Gasteiger partial charge in [-0.1, -0.05) is 0 Å². The van der Waals surface area contributed by atoms with E-state index in [-0.39, 0.29) is 12.1 Å². The highest BCUT2D eigenvalue weighted by Gasteiger charge is 2.17. The van der Waals surface area contributed by atoms with Crippen molar-refractivity contribution in [3.8, 4) is 6.07 Å². The van der Waals surface area contributed by atoms with Crippen LogP contribution in [0, 0.1) is 17.1 Å². The lowest BCUT2D eigenvalue weighted by Gasteiger charge is -2.21. The Hall–Kier alpha value is -1.93. The Bertz CT molecular complexity index is 468. The molecule has 17 heavy (non-hydrogen) atoms. The third-order valence-electron chi connectivity index (χ3n) is 2.54. The molecule has 1 aromatic carbocycles. The molecule has 0 saturated heterocycles. The highest BCUT2D eigenvalue weighted by atomic mass is 19.1. The Balaban J connectivity index is 2.85. The van der Waals surface area contributed by atoms with Gasteiger partial charge < -0.3 is 5.11 Å². The van der Waals surface area contributed by atoms with Crippen molar-refractivity contribution in [2.24, 2.45) is 0 Å².